The molecule has 2 aromatic rings. The van der Waals surface area contributed by atoms with Crippen LogP contribution in [0.25, 0.3) is 0 Å². The number of hydrogen-bond donors (Lipinski definition) is 1. The molecule has 94 valence electrons. The van der Waals surface area contributed by atoms with Gasteiger partial charge in [0, 0.05) is 17.2 Å². The van der Waals surface area contributed by atoms with E-state index in [0.29, 0.717) is 6.61 Å². The zero-order valence-electron chi connectivity index (χ0n) is 10.1. The van der Waals surface area contributed by atoms with Crippen LogP contribution < -0.4 is 10.1 Å². The highest BCUT2D eigenvalue weighted by Gasteiger charge is 2.00. The van der Waals surface area contributed by atoms with Gasteiger partial charge in [-0.3, -0.25) is 9.97 Å². The first-order valence-corrected chi connectivity index (χ1v) is 6.40. The Morgan fingerprint density at radius 2 is 2.11 bits per heavy atom. The summed E-state index contributed by atoms with van der Waals surface area (Å²) in [5.41, 5.74) is 1.91. The molecular formula is C13H14BrN3O. The Hall–Kier alpha value is -1.46. The van der Waals surface area contributed by atoms with E-state index >= 15 is 0 Å². The molecule has 2 rings (SSSR count). The monoisotopic (exact) mass is 307 g/mol. The lowest BCUT2D eigenvalue weighted by atomic mass is 10.3. The molecule has 0 bridgehead atoms. The Morgan fingerprint density at radius 3 is 2.89 bits per heavy atom. The molecule has 0 aliphatic heterocycles. The van der Waals surface area contributed by atoms with E-state index in [0.717, 1.165) is 28.2 Å². The average molecular weight is 308 g/mol. The van der Waals surface area contributed by atoms with E-state index in [1.165, 1.54) is 0 Å². The van der Waals surface area contributed by atoms with Crippen molar-refractivity contribution in [2.75, 3.05) is 7.05 Å². The van der Waals surface area contributed by atoms with Crippen molar-refractivity contribution >= 4 is 15.9 Å². The van der Waals surface area contributed by atoms with Crippen LogP contribution in [0.1, 0.15) is 11.4 Å². The third kappa shape index (κ3) is 3.78. The first kappa shape index (κ1) is 13.0. The molecule has 0 aliphatic carbocycles. The molecular weight excluding hydrogens is 294 g/mol. The van der Waals surface area contributed by atoms with E-state index in [2.05, 4.69) is 31.2 Å². The predicted octanol–water partition coefficient (Wildman–Crippen LogP) is 2.54. The SMILES string of the molecule is CNCc1cccc(COc2cncc(Br)c2)n1. The molecule has 0 atom stereocenters. The lowest BCUT2D eigenvalue weighted by Gasteiger charge is -2.07. The molecule has 0 amide bonds. The number of halogens is 1. The van der Waals surface area contributed by atoms with Gasteiger partial charge in [-0.05, 0) is 41.2 Å². The largest absolute Gasteiger partial charge is 0.486 e. The lowest BCUT2D eigenvalue weighted by Crippen LogP contribution is -2.08. The van der Waals surface area contributed by atoms with Crippen molar-refractivity contribution < 1.29 is 4.74 Å². The number of rotatable bonds is 5. The molecule has 0 unspecified atom stereocenters. The molecule has 1 N–H and O–H groups in total. The number of ether oxygens (including phenoxy) is 1. The Balaban J connectivity index is 1.99. The van der Waals surface area contributed by atoms with Gasteiger partial charge in [-0.2, -0.15) is 0 Å². The van der Waals surface area contributed by atoms with Crippen molar-refractivity contribution in [2.45, 2.75) is 13.2 Å². The normalized spacial score (nSPS) is 10.3. The molecule has 0 radical (unpaired) electrons. The smallest absolute Gasteiger partial charge is 0.139 e. The molecule has 0 fully saturated rings. The Labute approximate surface area is 115 Å². The van der Waals surface area contributed by atoms with Gasteiger partial charge >= 0.3 is 0 Å². The summed E-state index contributed by atoms with van der Waals surface area (Å²) in [5, 5.41) is 3.07. The molecule has 0 aromatic carbocycles. The number of pyridine rings is 2. The summed E-state index contributed by atoms with van der Waals surface area (Å²) in [6.07, 6.45) is 3.40. The van der Waals surface area contributed by atoms with Gasteiger partial charge in [-0.15, -0.1) is 0 Å². The van der Waals surface area contributed by atoms with E-state index in [9.17, 15) is 0 Å². The van der Waals surface area contributed by atoms with E-state index in [1.807, 2.05) is 31.3 Å². The number of nitrogens with one attached hydrogen (secondary N) is 1. The third-order valence-electron chi connectivity index (χ3n) is 2.29. The van der Waals surface area contributed by atoms with Crippen molar-refractivity contribution in [2.24, 2.45) is 0 Å². The first-order valence-electron chi connectivity index (χ1n) is 5.60. The number of nitrogens with zero attached hydrogens (tertiary/aromatic N) is 2. The van der Waals surface area contributed by atoms with Crippen LogP contribution in [0.15, 0.2) is 41.1 Å². The number of aromatic nitrogens is 2. The van der Waals surface area contributed by atoms with E-state index < -0.39 is 0 Å². The van der Waals surface area contributed by atoms with Gasteiger partial charge in [-0.1, -0.05) is 6.07 Å². The minimum Gasteiger partial charge on any atom is -0.486 e. The van der Waals surface area contributed by atoms with E-state index in [1.54, 1.807) is 12.4 Å². The van der Waals surface area contributed by atoms with Gasteiger partial charge < -0.3 is 10.1 Å². The first-order chi connectivity index (χ1) is 8.78. The van der Waals surface area contributed by atoms with Gasteiger partial charge in [0.15, 0.2) is 0 Å². The summed E-state index contributed by atoms with van der Waals surface area (Å²) < 4.78 is 6.53. The number of hydrogen-bond acceptors (Lipinski definition) is 4. The molecule has 5 heteroatoms. The van der Waals surface area contributed by atoms with Crippen LogP contribution in [0.4, 0.5) is 0 Å². The summed E-state index contributed by atoms with van der Waals surface area (Å²) in [5.74, 6) is 0.727. The summed E-state index contributed by atoms with van der Waals surface area (Å²) in [7, 11) is 1.90. The fraction of sp³-hybridized carbons (Fsp3) is 0.231. The fourth-order valence-electron chi connectivity index (χ4n) is 1.52. The van der Waals surface area contributed by atoms with E-state index in [4.69, 9.17) is 4.74 Å². The lowest BCUT2D eigenvalue weighted by molar-refractivity contribution is 0.299. The standard InChI is InChI=1S/C13H14BrN3O/c1-15-7-11-3-2-4-12(17-11)9-18-13-5-10(14)6-16-8-13/h2-6,8,15H,7,9H2,1H3. The van der Waals surface area contributed by atoms with Crippen LogP contribution in [0.2, 0.25) is 0 Å². The molecule has 0 saturated carbocycles. The van der Waals surface area contributed by atoms with Crippen LogP contribution in [-0.2, 0) is 13.2 Å². The second kappa shape index (κ2) is 6.47. The van der Waals surface area contributed by atoms with E-state index in [-0.39, 0.29) is 0 Å². The Bertz CT molecular complexity index is 519. The zero-order chi connectivity index (χ0) is 12.8. The van der Waals surface area contributed by atoms with Gasteiger partial charge in [0.2, 0.25) is 0 Å². The molecule has 18 heavy (non-hydrogen) atoms. The highest BCUT2D eigenvalue weighted by atomic mass is 79.9. The van der Waals surface area contributed by atoms with Gasteiger partial charge in [-0.25, -0.2) is 0 Å². The zero-order valence-corrected chi connectivity index (χ0v) is 11.6. The highest BCUT2D eigenvalue weighted by Crippen LogP contribution is 2.16. The molecule has 0 aliphatic rings. The van der Waals surface area contributed by atoms with Crippen molar-refractivity contribution in [3.63, 3.8) is 0 Å². The van der Waals surface area contributed by atoms with Crippen LogP contribution >= 0.6 is 15.9 Å². The maximum atomic E-state index is 5.63. The average Bonchev–Trinajstić information content (AvgIpc) is 2.37. The maximum absolute atomic E-state index is 5.63. The van der Waals surface area contributed by atoms with Crippen LogP contribution in [0, 0.1) is 0 Å². The minimum absolute atomic E-state index is 0.440. The summed E-state index contributed by atoms with van der Waals surface area (Å²) in [6, 6.07) is 7.80. The summed E-state index contributed by atoms with van der Waals surface area (Å²) in [4.78, 5) is 8.52. The molecule has 2 aromatic heterocycles. The van der Waals surface area contributed by atoms with Crippen molar-refractivity contribution in [1.29, 1.82) is 0 Å². The van der Waals surface area contributed by atoms with Gasteiger partial charge in [0.25, 0.3) is 0 Å². The topological polar surface area (TPSA) is 47.0 Å². The fourth-order valence-corrected chi connectivity index (χ4v) is 1.86. The highest BCUT2D eigenvalue weighted by molar-refractivity contribution is 9.10. The Kier molecular flexibility index (Phi) is 4.66. The summed E-state index contributed by atoms with van der Waals surface area (Å²) >= 11 is 3.35. The van der Waals surface area contributed by atoms with Crippen LogP contribution in [0.5, 0.6) is 5.75 Å². The van der Waals surface area contributed by atoms with Gasteiger partial charge in [0.05, 0.1) is 17.6 Å². The van der Waals surface area contributed by atoms with Crippen molar-refractivity contribution in [3.8, 4) is 5.75 Å². The maximum Gasteiger partial charge on any atom is 0.139 e. The summed E-state index contributed by atoms with van der Waals surface area (Å²) in [6.45, 7) is 1.20. The van der Waals surface area contributed by atoms with Crippen molar-refractivity contribution in [1.82, 2.24) is 15.3 Å². The second-order valence-electron chi connectivity index (χ2n) is 3.78. The predicted molar refractivity (Wildman–Crippen MR) is 73.3 cm³/mol. The molecule has 2 heterocycles. The van der Waals surface area contributed by atoms with Crippen LogP contribution in [0.3, 0.4) is 0 Å². The van der Waals surface area contributed by atoms with Crippen molar-refractivity contribution in [3.05, 3.63) is 52.5 Å². The molecule has 0 spiro atoms. The quantitative estimate of drug-likeness (QED) is 0.922. The second-order valence-corrected chi connectivity index (χ2v) is 4.69. The molecule has 4 nitrogen and oxygen atoms in total. The minimum atomic E-state index is 0.440. The third-order valence-corrected chi connectivity index (χ3v) is 2.72. The van der Waals surface area contributed by atoms with Gasteiger partial charge in [0.1, 0.15) is 12.4 Å². The molecule has 0 saturated heterocycles. The van der Waals surface area contributed by atoms with Crippen LogP contribution in [-0.4, -0.2) is 17.0 Å². The Morgan fingerprint density at radius 1 is 1.28 bits per heavy atom.